The molecule has 12 heteroatoms. The maximum Gasteiger partial charge on any atom is 0.295 e. The van der Waals surface area contributed by atoms with Crippen molar-refractivity contribution >= 4 is 62.7 Å². The van der Waals surface area contributed by atoms with Gasteiger partial charge in [0, 0.05) is 12.0 Å². The summed E-state index contributed by atoms with van der Waals surface area (Å²) in [6.45, 7) is 0. The Kier molecular flexibility index (Phi) is 6.01. The summed E-state index contributed by atoms with van der Waals surface area (Å²) >= 11 is 1.97. The lowest BCUT2D eigenvalue weighted by molar-refractivity contribution is -0.117. The van der Waals surface area contributed by atoms with Crippen LogP contribution in [0.1, 0.15) is 25.1 Å². The topological polar surface area (TPSA) is 81.1 Å². The summed E-state index contributed by atoms with van der Waals surface area (Å²) in [4.78, 5) is 20.6. The van der Waals surface area contributed by atoms with Crippen LogP contribution in [0.4, 0.5) is 30.4 Å². The number of hydrogen-bond acceptors (Lipinski definition) is 5. The van der Waals surface area contributed by atoms with E-state index in [0.29, 0.717) is 5.69 Å². The highest BCUT2D eigenvalue weighted by Crippen LogP contribution is 2.40. The number of aromatic nitrogens is 3. The molecule has 1 amide bonds. The molecule has 1 aliphatic carbocycles. The van der Waals surface area contributed by atoms with E-state index in [0.717, 1.165) is 12.8 Å². The lowest BCUT2D eigenvalue weighted by Crippen LogP contribution is -2.14. The Balaban J connectivity index is 1.85. The first-order valence-electron chi connectivity index (χ1n) is 8.91. The van der Waals surface area contributed by atoms with Gasteiger partial charge in [-0.3, -0.25) is 9.13 Å². The average molecular weight is 549 g/mol. The van der Waals surface area contributed by atoms with E-state index in [-0.39, 0.29) is 46.6 Å². The van der Waals surface area contributed by atoms with E-state index >= 15 is 0 Å². The summed E-state index contributed by atoms with van der Waals surface area (Å²) in [6.07, 6.45) is -1.27. The van der Waals surface area contributed by atoms with Crippen molar-refractivity contribution in [2.24, 2.45) is 5.92 Å². The standard InChI is InChI=1S/C18H16F3IN5O2P/c1-29-14-9(19)3-2-4-10(14)23-11-7-12(25-18(28)8-5-6-8)24-16-13(11)26-17(15(20)21)27(16)30-22/h2-4,7-8,15,30H,5-6H2,1H3,(H2,23,24,25,28). The Bertz CT molecular complexity index is 1120. The van der Waals surface area contributed by atoms with Crippen LogP contribution < -0.4 is 15.4 Å². The molecule has 0 saturated heterocycles. The highest BCUT2D eigenvalue weighted by atomic mass is 127. The first-order valence-corrected chi connectivity index (χ1v) is 13.0. The number of carbonyl (C=O) groups excluding carboxylic acids is 1. The molecule has 0 radical (unpaired) electrons. The molecule has 0 aliphatic heterocycles. The molecule has 1 atom stereocenters. The lowest BCUT2D eigenvalue weighted by Gasteiger charge is -2.13. The number of pyridine rings is 1. The van der Waals surface area contributed by atoms with Crippen molar-refractivity contribution in [2.75, 3.05) is 17.7 Å². The largest absolute Gasteiger partial charge is 0.492 e. The maximum atomic E-state index is 14.1. The Morgan fingerprint density at radius 1 is 1.33 bits per heavy atom. The zero-order valence-electron chi connectivity index (χ0n) is 15.5. The number of anilines is 3. The number of imidazole rings is 1. The van der Waals surface area contributed by atoms with Crippen molar-refractivity contribution < 1.29 is 22.7 Å². The number of halogens is 4. The van der Waals surface area contributed by atoms with Gasteiger partial charge >= 0.3 is 0 Å². The van der Waals surface area contributed by atoms with E-state index in [2.05, 4.69) is 20.6 Å². The Labute approximate surface area is 184 Å². The van der Waals surface area contributed by atoms with Crippen molar-refractivity contribution in [2.45, 2.75) is 19.3 Å². The summed E-state index contributed by atoms with van der Waals surface area (Å²) in [5, 5.41) is 5.72. The van der Waals surface area contributed by atoms with Crippen molar-refractivity contribution in [1.29, 1.82) is 0 Å². The molecule has 7 nitrogen and oxygen atoms in total. The fourth-order valence-electron chi connectivity index (χ4n) is 2.99. The number of rotatable bonds is 7. The molecule has 1 aliphatic rings. The van der Waals surface area contributed by atoms with Gasteiger partial charge in [-0.15, -0.1) is 0 Å². The fourth-order valence-corrected chi connectivity index (χ4v) is 4.88. The second-order valence-corrected chi connectivity index (χ2v) is 8.69. The van der Waals surface area contributed by atoms with Gasteiger partial charge in [0.2, 0.25) is 5.91 Å². The third-order valence-electron chi connectivity index (χ3n) is 4.56. The highest BCUT2D eigenvalue weighted by molar-refractivity contribution is 14.2. The minimum absolute atomic E-state index is 0.0321. The van der Waals surface area contributed by atoms with E-state index in [1.54, 1.807) is 6.07 Å². The zero-order valence-corrected chi connectivity index (χ0v) is 18.7. The molecule has 3 aromatic rings. The molecule has 2 heterocycles. The quantitative estimate of drug-likeness (QED) is 0.305. The monoisotopic (exact) mass is 549 g/mol. The second-order valence-electron chi connectivity index (χ2n) is 6.63. The number of ether oxygens (including phenoxy) is 1. The third kappa shape index (κ3) is 4.04. The van der Waals surface area contributed by atoms with Gasteiger partial charge in [-0.05, 0) is 47.0 Å². The molecule has 30 heavy (non-hydrogen) atoms. The number of benzene rings is 1. The van der Waals surface area contributed by atoms with E-state index in [4.69, 9.17) is 4.74 Å². The number of methoxy groups -OCH3 is 1. The van der Waals surface area contributed by atoms with Gasteiger partial charge in [0.15, 0.2) is 23.0 Å². The normalized spacial score (nSPS) is 14.1. The van der Waals surface area contributed by atoms with Crippen LogP contribution in [-0.2, 0) is 4.79 Å². The van der Waals surface area contributed by atoms with Gasteiger partial charge < -0.3 is 15.4 Å². The number of amides is 1. The number of alkyl halides is 2. The summed E-state index contributed by atoms with van der Waals surface area (Å²) < 4.78 is 47.6. The molecular formula is C18H16F3IN5O2P. The molecule has 1 fully saturated rings. The number of nitrogens with zero attached hydrogens (tertiary/aromatic N) is 3. The lowest BCUT2D eigenvalue weighted by atomic mass is 10.2. The van der Waals surface area contributed by atoms with Gasteiger partial charge in [0.05, 0.1) is 24.9 Å². The van der Waals surface area contributed by atoms with Crippen molar-refractivity contribution in [3.8, 4) is 5.75 Å². The van der Waals surface area contributed by atoms with Crippen LogP contribution in [0, 0.1) is 11.7 Å². The molecule has 4 rings (SSSR count). The molecule has 1 unspecified atom stereocenters. The van der Waals surface area contributed by atoms with Crippen LogP contribution in [0.3, 0.4) is 0 Å². The predicted octanol–water partition coefficient (Wildman–Crippen LogP) is 5.40. The second kappa shape index (κ2) is 8.54. The van der Waals surface area contributed by atoms with E-state index in [1.807, 2.05) is 22.0 Å². The van der Waals surface area contributed by atoms with Crippen LogP contribution in [0.25, 0.3) is 11.2 Å². The highest BCUT2D eigenvalue weighted by Gasteiger charge is 2.30. The summed E-state index contributed by atoms with van der Waals surface area (Å²) in [5.74, 6) is -1.07. The third-order valence-corrected chi connectivity index (χ3v) is 6.62. The predicted molar refractivity (Wildman–Crippen MR) is 118 cm³/mol. The maximum absolute atomic E-state index is 14.1. The summed E-state index contributed by atoms with van der Waals surface area (Å²) in [6, 6.07) is 5.82. The number of carbonyl (C=O) groups is 1. The molecule has 2 aromatic heterocycles. The number of hydrogen-bond donors (Lipinski definition) is 2. The SMILES string of the molecule is COc1c(F)cccc1Nc1cc(NC(=O)C2CC2)nc2c1nc(C(F)F)n2PI. The molecule has 0 spiro atoms. The molecule has 2 N–H and O–H groups in total. The van der Waals surface area contributed by atoms with E-state index in [9.17, 15) is 18.0 Å². The van der Waals surface area contributed by atoms with Crippen LogP contribution >= 0.6 is 28.4 Å². The molecule has 0 bridgehead atoms. The van der Waals surface area contributed by atoms with Gasteiger partial charge in [-0.25, -0.2) is 23.1 Å². The summed E-state index contributed by atoms with van der Waals surface area (Å²) in [7, 11) is 1.33. The van der Waals surface area contributed by atoms with Gasteiger partial charge in [0.1, 0.15) is 11.3 Å². The van der Waals surface area contributed by atoms with Gasteiger partial charge in [-0.1, -0.05) is 6.07 Å². The first-order chi connectivity index (χ1) is 14.4. The summed E-state index contributed by atoms with van der Waals surface area (Å²) in [5.41, 5.74) is 0.967. The van der Waals surface area contributed by atoms with Crippen molar-refractivity contribution in [3.05, 3.63) is 35.9 Å². The fraction of sp³-hybridized carbons (Fsp3) is 0.278. The van der Waals surface area contributed by atoms with Gasteiger partial charge in [-0.2, -0.15) is 0 Å². The first kappa shape index (κ1) is 21.1. The van der Waals surface area contributed by atoms with Crippen LogP contribution in [-0.4, -0.2) is 27.3 Å². The minimum atomic E-state index is -2.80. The minimum Gasteiger partial charge on any atom is -0.492 e. The Morgan fingerprint density at radius 2 is 2.10 bits per heavy atom. The van der Waals surface area contributed by atoms with Gasteiger partial charge in [0.25, 0.3) is 6.43 Å². The average Bonchev–Trinajstić information content (AvgIpc) is 3.49. The molecule has 158 valence electrons. The Hall–Kier alpha value is -2.14. The number of para-hydroxylation sites is 1. The van der Waals surface area contributed by atoms with Crippen LogP contribution in [0.15, 0.2) is 24.3 Å². The van der Waals surface area contributed by atoms with Crippen LogP contribution in [0.2, 0.25) is 0 Å². The van der Waals surface area contributed by atoms with E-state index in [1.165, 1.54) is 29.6 Å². The van der Waals surface area contributed by atoms with Crippen LogP contribution in [0.5, 0.6) is 5.75 Å². The zero-order chi connectivity index (χ0) is 21.4. The molecule has 1 saturated carbocycles. The molecular weight excluding hydrogens is 533 g/mol. The van der Waals surface area contributed by atoms with E-state index < -0.39 is 18.1 Å². The number of nitrogens with one attached hydrogen (secondary N) is 2. The van der Waals surface area contributed by atoms with Crippen molar-refractivity contribution in [3.63, 3.8) is 0 Å². The molecule has 1 aromatic carbocycles. The van der Waals surface area contributed by atoms with Crippen molar-refractivity contribution in [1.82, 2.24) is 14.3 Å². The smallest absolute Gasteiger partial charge is 0.295 e. The Morgan fingerprint density at radius 3 is 2.73 bits per heavy atom. The number of fused-ring (bicyclic) bond motifs is 1.